The smallest absolute Gasteiger partial charge is 0.305 e. The van der Waals surface area contributed by atoms with Gasteiger partial charge in [-0.2, -0.15) is 0 Å². The van der Waals surface area contributed by atoms with E-state index in [1.807, 2.05) is 13.8 Å². The molecule has 2 rings (SSSR count). The van der Waals surface area contributed by atoms with E-state index in [-0.39, 0.29) is 24.9 Å². The van der Waals surface area contributed by atoms with E-state index in [0.29, 0.717) is 17.1 Å². The first-order chi connectivity index (χ1) is 11.5. The Hall–Kier alpha value is -2.89. The van der Waals surface area contributed by atoms with Crippen molar-refractivity contribution in [2.24, 2.45) is 0 Å². The molecule has 6 heteroatoms. The molecule has 6 nitrogen and oxygen atoms in total. The number of nitrogens with zero attached hydrogens (tertiary/aromatic N) is 2. The molecule has 0 bridgehead atoms. The SMILES string of the molecule is CC(C)N(CCC(=O)O)C(=O)c1ccc(Oc2cccnc2)cc1. The molecule has 24 heavy (non-hydrogen) atoms. The third kappa shape index (κ3) is 4.81. The van der Waals surface area contributed by atoms with Gasteiger partial charge < -0.3 is 14.7 Å². The highest BCUT2D eigenvalue weighted by Gasteiger charge is 2.19. The summed E-state index contributed by atoms with van der Waals surface area (Å²) in [6.07, 6.45) is 3.18. The van der Waals surface area contributed by atoms with Crippen molar-refractivity contribution in [1.29, 1.82) is 0 Å². The van der Waals surface area contributed by atoms with E-state index in [1.54, 1.807) is 53.7 Å². The van der Waals surface area contributed by atoms with Gasteiger partial charge in [-0.15, -0.1) is 0 Å². The fraction of sp³-hybridized carbons (Fsp3) is 0.278. The fourth-order valence-corrected chi connectivity index (χ4v) is 2.19. The summed E-state index contributed by atoms with van der Waals surface area (Å²) in [7, 11) is 0. The van der Waals surface area contributed by atoms with Crippen molar-refractivity contribution in [2.75, 3.05) is 6.54 Å². The van der Waals surface area contributed by atoms with Crippen LogP contribution in [0.25, 0.3) is 0 Å². The van der Waals surface area contributed by atoms with Crippen LogP contribution in [0.4, 0.5) is 0 Å². The van der Waals surface area contributed by atoms with Crippen molar-refractivity contribution in [2.45, 2.75) is 26.3 Å². The first-order valence-corrected chi connectivity index (χ1v) is 7.68. The molecular formula is C18H20N2O4. The first-order valence-electron chi connectivity index (χ1n) is 7.68. The van der Waals surface area contributed by atoms with E-state index in [9.17, 15) is 9.59 Å². The van der Waals surface area contributed by atoms with E-state index < -0.39 is 5.97 Å². The van der Waals surface area contributed by atoms with Crippen LogP contribution < -0.4 is 4.74 Å². The minimum atomic E-state index is -0.923. The zero-order chi connectivity index (χ0) is 17.5. The summed E-state index contributed by atoms with van der Waals surface area (Å²) in [6, 6.07) is 10.2. The monoisotopic (exact) mass is 328 g/mol. The molecule has 1 heterocycles. The van der Waals surface area contributed by atoms with E-state index in [2.05, 4.69) is 4.98 Å². The van der Waals surface area contributed by atoms with Crippen LogP contribution in [-0.2, 0) is 4.79 Å². The van der Waals surface area contributed by atoms with E-state index >= 15 is 0 Å². The minimum Gasteiger partial charge on any atom is -0.481 e. The van der Waals surface area contributed by atoms with Gasteiger partial charge in [0.25, 0.3) is 5.91 Å². The van der Waals surface area contributed by atoms with Crippen LogP contribution >= 0.6 is 0 Å². The summed E-state index contributed by atoms with van der Waals surface area (Å²) in [6.45, 7) is 3.90. The van der Waals surface area contributed by atoms with Crippen LogP contribution in [0, 0.1) is 0 Å². The third-order valence-corrected chi connectivity index (χ3v) is 3.42. The van der Waals surface area contributed by atoms with Gasteiger partial charge in [-0.05, 0) is 50.2 Å². The number of carbonyl (C=O) groups is 2. The number of aliphatic carboxylic acids is 1. The van der Waals surface area contributed by atoms with Gasteiger partial charge in [-0.3, -0.25) is 14.6 Å². The molecule has 0 aliphatic rings. The number of hydrogen-bond donors (Lipinski definition) is 1. The minimum absolute atomic E-state index is 0.0773. The fourth-order valence-electron chi connectivity index (χ4n) is 2.19. The zero-order valence-corrected chi connectivity index (χ0v) is 13.7. The Morgan fingerprint density at radius 3 is 2.42 bits per heavy atom. The molecular weight excluding hydrogens is 308 g/mol. The van der Waals surface area contributed by atoms with Gasteiger partial charge in [-0.1, -0.05) is 0 Å². The summed E-state index contributed by atoms with van der Waals surface area (Å²) in [5, 5.41) is 8.81. The number of rotatable bonds is 7. The van der Waals surface area contributed by atoms with Crippen molar-refractivity contribution in [3.63, 3.8) is 0 Å². The predicted molar refractivity (Wildman–Crippen MR) is 89.2 cm³/mol. The van der Waals surface area contributed by atoms with Crippen molar-refractivity contribution in [3.05, 3.63) is 54.4 Å². The number of carbonyl (C=O) groups excluding carboxylic acids is 1. The standard InChI is InChI=1S/C18H20N2O4/c1-13(2)20(11-9-17(21)22)18(23)14-5-7-15(8-6-14)24-16-4-3-10-19-12-16/h3-8,10,12-13H,9,11H2,1-2H3,(H,21,22). The van der Waals surface area contributed by atoms with Gasteiger partial charge in [-0.25, -0.2) is 0 Å². The van der Waals surface area contributed by atoms with Gasteiger partial charge in [0.15, 0.2) is 0 Å². The number of aromatic nitrogens is 1. The highest BCUT2D eigenvalue weighted by molar-refractivity contribution is 5.94. The molecule has 0 unspecified atom stereocenters. The second kappa shape index (κ2) is 8.10. The maximum absolute atomic E-state index is 12.6. The number of hydrogen-bond acceptors (Lipinski definition) is 4. The van der Waals surface area contributed by atoms with Crippen LogP contribution in [0.1, 0.15) is 30.6 Å². The highest BCUT2D eigenvalue weighted by Crippen LogP contribution is 2.21. The van der Waals surface area contributed by atoms with Crippen LogP contribution in [0.5, 0.6) is 11.5 Å². The Balaban J connectivity index is 2.07. The van der Waals surface area contributed by atoms with E-state index in [0.717, 1.165) is 0 Å². The Morgan fingerprint density at radius 1 is 1.17 bits per heavy atom. The van der Waals surface area contributed by atoms with Gasteiger partial charge in [0, 0.05) is 24.3 Å². The number of pyridine rings is 1. The van der Waals surface area contributed by atoms with E-state index in [1.165, 1.54) is 0 Å². The van der Waals surface area contributed by atoms with Crippen LogP contribution in [0.15, 0.2) is 48.8 Å². The first kappa shape index (κ1) is 17.5. The van der Waals surface area contributed by atoms with Gasteiger partial charge in [0.2, 0.25) is 0 Å². The number of benzene rings is 1. The molecule has 0 radical (unpaired) electrons. The van der Waals surface area contributed by atoms with Gasteiger partial charge in [0.1, 0.15) is 11.5 Å². The molecule has 0 saturated carbocycles. The molecule has 1 aromatic heterocycles. The lowest BCUT2D eigenvalue weighted by Crippen LogP contribution is -2.38. The van der Waals surface area contributed by atoms with Crippen LogP contribution in [0.3, 0.4) is 0 Å². The molecule has 0 aliphatic carbocycles. The Morgan fingerprint density at radius 2 is 1.88 bits per heavy atom. The quantitative estimate of drug-likeness (QED) is 0.844. The molecule has 0 fully saturated rings. The molecule has 0 saturated heterocycles. The molecule has 0 atom stereocenters. The Bertz CT molecular complexity index is 684. The molecule has 2 aromatic rings. The molecule has 1 aromatic carbocycles. The second-order valence-electron chi connectivity index (χ2n) is 5.55. The lowest BCUT2D eigenvalue weighted by atomic mass is 10.1. The normalized spacial score (nSPS) is 10.5. The van der Waals surface area contributed by atoms with Crippen LogP contribution in [-0.4, -0.2) is 39.5 Å². The molecule has 0 spiro atoms. The van der Waals surface area contributed by atoms with E-state index in [4.69, 9.17) is 9.84 Å². The predicted octanol–water partition coefficient (Wildman–Crippen LogP) is 3.20. The summed E-state index contributed by atoms with van der Waals surface area (Å²) in [5.74, 6) is 0.0934. The summed E-state index contributed by atoms with van der Waals surface area (Å²) in [4.78, 5) is 28.8. The number of carboxylic acids is 1. The van der Waals surface area contributed by atoms with Crippen molar-refractivity contribution >= 4 is 11.9 Å². The summed E-state index contributed by atoms with van der Waals surface area (Å²) >= 11 is 0. The maximum atomic E-state index is 12.6. The van der Waals surface area contributed by atoms with Gasteiger partial charge in [0.05, 0.1) is 12.6 Å². The highest BCUT2D eigenvalue weighted by atomic mass is 16.5. The average molecular weight is 328 g/mol. The van der Waals surface area contributed by atoms with Crippen molar-refractivity contribution < 1.29 is 19.4 Å². The second-order valence-corrected chi connectivity index (χ2v) is 5.55. The van der Waals surface area contributed by atoms with Gasteiger partial charge >= 0.3 is 5.97 Å². The van der Waals surface area contributed by atoms with Crippen molar-refractivity contribution in [1.82, 2.24) is 9.88 Å². The topological polar surface area (TPSA) is 79.7 Å². The number of ether oxygens (including phenoxy) is 1. The molecule has 1 amide bonds. The van der Waals surface area contributed by atoms with Crippen LogP contribution in [0.2, 0.25) is 0 Å². The molecule has 1 N–H and O–H groups in total. The average Bonchev–Trinajstić information content (AvgIpc) is 2.56. The molecule has 0 aliphatic heterocycles. The Labute approximate surface area is 140 Å². The molecule has 126 valence electrons. The lowest BCUT2D eigenvalue weighted by molar-refractivity contribution is -0.137. The maximum Gasteiger partial charge on any atom is 0.305 e. The number of carboxylic acid groups (broad SMARTS) is 1. The number of amides is 1. The summed E-state index contributed by atoms with van der Waals surface area (Å²) in [5.41, 5.74) is 0.493. The van der Waals surface area contributed by atoms with Crippen molar-refractivity contribution in [3.8, 4) is 11.5 Å². The third-order valence-electron chi connectivity index (χ3n) is 3.42. The zero-order valence-electron chi connectivity index (χ0n) is 13.7. The summed E-state index contributed by atoms with van der Waals surface area (Å²) < 4.78 is 5.63. The lowest BCUT2D eigenvalue weighted by Gasteiger charge is -2.26. The largest absolute Gasteiger partial charge is 0.481 e. The Kier molecular flexibility index (Phi) is 5.89.